The number of aromatic hydroxyl groups is 1. The van der Waals surface area contributed by atoms with Crippen molar-refractivity contribution in [3.8, 4) is 5.75 Å². The first-order chi connectivity index (χ1) is 19.4. The van der Waals surface area contributed by atoms with Crippen molar-refractivity contribution >= 4 is 39.2 Å². The molecule has 0 radical (unpaired) electrons. The summed E-state index contributed by atoms with van der Waals surface area (Å²) in [4.78, 5) is 29.3. The number of halogens is 1. The van der Waals surface area contributed by atoms with E-state index in [4.69, 9.17) is 34.9 Å². The van der Waals surface area contributed by atoms with E-state index in [1.165, 1.54) is 0 Å². The van der Waals surface area contributed by atoms with Crippen LogP contribution in [-0.2, 0) is 6.50 Å². The summed E-state index contributed by atoms with van der Waals surface area (Å²) in [5, 5.41) is 10.5. The summed E-state index contributed by atoms with van der Waals surface area (Å²) in [5.74, 6) is -6.05. The van der Waals surface area contributed by atoms with Crippen LogP contribution in [-0.4, -0.2) is 51.5 Å². The Morgan fingerprint density at radius 2 is 2.52 bits per heavy atom. The van der Waals surface area contributed by atoms with E-state index in [0.717, 1.165) is 0 Å². The number of nitrogens with one attached hydrogen (secondary N) is 1. The third-order valence-electron chi connectivity index (χ3n) is 3.32. The molecule has 0 aliphatic carbocycles. The molecule has 1 aliphatic rings. The van der Waals surface area contributed by atoms with Gasteiger partial charge in [0, 0.05) is 41.5 Å². The number of fused-ring (bicyclic) bond motifs is 1. The number of nitrogens with zero attached hydrogens (tertiary/aromatic N) is 3. The average Bonchev–Trinajstić information content (AvgIpc) is 3.21. The highest BCUT2D eigenvalue weighted by atomic mass is 35.5. The molecule has 1 amide bonds. The van der Waals surface area contributed by atoms with Crippen LogP contribution in [0.2, 0.25) is 5.88 Å². The number of thiazole rings is 1. The maximum absolute atomic E-state index is 13.3. The zero-order chi connectivity index (χ0) is 34.6. The topological polar surface area (TPSA) is 87.5 Å². The standard InChI is InChI=1S/C18H25ClN4O3S/c1-3-23-16(26)12(14(24)13-17(23)27-18(19)21-13)15(25)20-7-5-9-22-8-4-6-11(2)10-22/h11,24H,3-10H2,1-2H3,(H,20,25)/i1D3,3D2,4D2,6D2,8D2,9D2,10D2,11D/hD. The Labute approximate surface area is 190 Å². The summed E-state index contributed by atoms with van der Waals surface area (Å²) in [6.45, 7) is -18.1. The molecule has 3 heterocycles. The number of amides is 1. The number of pyridine rings is 1. The molecule has 2 aromatic rings. The van der Waals surface area contributed by atoms with Gasteiger partial charge in [0.15, 0.2) is 11.6 Å². The average molecular weight is 430 g/mol. The predicted octanol–water partition coefficient (Wildman–Crippen LogP) is 2.69. The van der Waals surface area contributed by atoms with Gasteiger partial charge in [0.05, 0.1) is 0 Å². The zero-order valence-electron chi connectivity index (χ0n) is 30.8. The molecular formula is C18H25ClN4O3S. The van der Waals surface area contributed by atoms with Crippen LogP contribution in [0.1, 0.15) is 65.2 Å². The van der Waals surface area contributed by atoms with Gasteiger partial charge in [-0.3, -0.25) is 14.2 Å². The molecule has 1 saturated heterocycles. The van der Waals surface area contributed by atoms with E-state index in [9.17, 15) is 14.7 Å². The third kappa shape index (κ3) is 4.28. The molecule has 0 bridgehead atoms. The fourth-order valence-electron chi connectivity index (χ4n) is 2.19. The van der Waals surface area contributed by atoms with Crippen molar-refractivity contribution in [2.45, 2.75) is 39.4 Å². The van der Waals surface area contributed by atoms with Crippen LogP contribution in [0.4, 0.5) is 0 Å². The zero-order valence-corrected chi connectivity index (χ0v) is 15.3. The van der Waals surface area contributed by atoms with E-state index in [-0.39, 0.29) is 19.2 Å². The van der Waals surface area contributed by atoms with E-state index >= 15 is 0 Å². The molecule has 0 aromatic carbocycles. The minimum atomic E-state index is -3.75. The number of piperidine rings is 1. The number of hydrogen-bond acceptors (Lipinski definition) is 6. The summed E-state index contributed by atoms with van der Waals surface area (Å²) >= 11 is 6.23. The van der Waals surface area contributed by atoms with Gasteiger partial charge in [-0.2, -0.15) is 0 Å². The molecule has 2 N–H and O–H groups in total. The van der Waals surface area contributed by atoms with Gasteiger partial charge in [-0.1, -0.05) is 29.9 Å². The van der Waals surface area contributed by atoms with Gasteiger partial charge in [0.1, 0.15) is 15.9 Å². The number of aromatic nitrogens is 2. The molecule has 0 saturated carbocycles. The second-order valence-electron chi connectivity index (χ2n) is 5.13. The molecule has 0 spiro atoms. The Kier molecular flexibility index (Phi) is 2.43. The Bertz CT molecular complexity index is 1520. The van der Waals surface area contributed by atoms with Crippen LogP contribution in [0.3, 0.4) is 0 Å². The van der Waals surface area contributed by atoms with Crippen molar-refractivity contribution in [2.24, 2.45) is 5.89 Å². The Morgan fingerprint density at radius 1 is 1.70 bits per heavy atom. The van der Waals surface area contributed by atoms with E-state index in [1.807, 2.05) is 0 Å². The second kappa shape index (κ2) is 8.58. The molecule has 1 unspecified atom stereocenters. The van der Waals surface area contributed by atoms with E-state index in [0.29, 0.717) is 18.3 Å². The molecule has 148 valence electrons. The quantitative estimate of drug-likeness (QED) is 0.737. The van der Waals surface area contributed by atoms with Gasteiger partial charge in [-0.05, 0) is 44.9 Å². The number of carbonyl (C=O) groups is 1. The van der Waals surface area contributed by atoms with Crippen molar-refractivity contribution in [1.29, 1.82) is 0 Å². The van der Waals surface area contributed by atoms with Gasteiger partial charge in [0.2, 0.25) is 0 Å². The maximum Gasteiger partial charge on any atom is 0.268 e. The molecule has 1 fully saturated rings. The number of rotatable bonds is 6. The van der Waals surface area contributed by atoms with Crippen molar-refractivity contribution < 1.29 is 33.2 Å². The van der Waals surface area contributed by atoms with Crippen molar-refractivity contribution in [2.75, 3.05) is 26.0 Å². The molecular weight excluding hydrogens is 388 g/mol. The Morgan fingerprint density at radius 3 is 3.30 bits per heavy atom. The van der Waals surface area contributed by atoms with Gasteiger partial charge >= 0.3 is 0 Å². The normalized spacial score (nSPS) is 39.1. The number of likely N-dealkylation sites (tertiary alicyclic amines) is 1. The van der Waals surface area contributed by atoms with Gasteiger partial charge in [-0.15, -0.1) is 0 Å². The molecule has 3 rings (SSSR count). The van der Waals surface area contributed by atoms with Crippen molar-refractivity contribution in [3.05, 3.63) is 20.4 Å². The fraction of sp³-hybridized carbons (Fsp3) is 0.611. The van der Waals surface area contributed by atoms with Gasteiger partial charge < -0.3 is 15.3 Å². The molecule has 1 atom stereocenters. The SMILES string of the molecule is [2H]N(CCC([2H])([2H])N1C([2H])([2H])C([2H])([2H])C([2H])([2H])C([2H])(C)C1([2H])[2H])C(=O)c1c(O)c2nc(Cl)sc2n(C([2H])([2H])C([2H])([2H])[2H])c1=O. The molecule has 27 heavy (non-hydrogen) atoms. The molecule has 2 aromatic heterocycles. The smallest absolute Gasteiger partial charge is 0.268 e. The second-order valence-corrected chi connectivity index (χ2v) is 6.69. The number of aryl methyl sites for hydroxylation is 1. The summed E-state index contributed by atoms with van der Waals surface area (Å²) in [7, 11) is 0. The molecule has 1 aliphatic heterocycles. The van der Waals surface area contributed by atoms with Crippen LogP contribution >= 0.6 is 22.9 Å². The number of hydrogen-bond donors (Lipinski definition) is 2. The third-order valence-corrected chi connectivity index (χ3v) is 4.47. The van der Waals surface area contributed by atoms with E-state index in [1.54, 1.807) is 0 Å². The van der Waals surface area contributed by atoms with E-state index in [2.05, 4.69) is 4.98 Å². The lowest BCUT2D eigenvalue weighted by Crippen LogP contribution is -2.37. The first-order valence-electron chi connectivity index (χ1n) is 15.9. The first-order valence-corrected chi connectivity index (χ1v) is 8.61. The highest BCUT2D eigenvalue weighted by Crippen LogP contribution is 2.32. The summed E-state index contributed by atoms with van der Waals surface area (Å²) in [6, 6.07) is 0. The van der Waals surface area contributed by atoms with Gasteiger partial charge in [0.25, 0.3) is 11.5 Å². The van der Waals surface area contributed by atoms with Crippen LogP contribution in [0.5, 0.6) is 5.75 Å². The highest BCUT2D eigenvalue weighted by molar-refractivity contribution is 7.21. The summed E-state index contributed by atoms with van der Waals surface area (Å²) < 4.78 is 137. The van der Waals surface area contributed by atoms with Crippen LogP contribution in [0.25, 0.3) is 10.3 Å². The predicted molar refractivity (Wildman–Crippen MR) is 108 cm³/mol. The van der Waals surface area contributed by atoms with E-state index < -0.39 is 97.6 Å². The van der Waals surface area contributed by atoms with Crippen molar-refractivity contribution in [3.63, 3.8) is 0 Å². The van der Waals surface area contributed by atoms with Gasteiger partial charge in [-0.25, -0.2) is 4.98 Å². The van der Waals surface area contributed by atoms with Crippen LogP contribution in [0.15, 0.2) is 4.79 Å². The first kappa shape index (κ1) is 7.65. The Hall–Kier alpha value is -1.64. The number of carbonyl (C=O) groups excluding carboxylic acids is 1. The fourth-order valence-corrected chi connectivity index (χ4v) is 3.25. The lowest BCUT2D eigenvalue weighted by Gasteiger charge is -2.30. The molecule has 7 nitrogen and oxygen atoms in total. The monoisotopic (exact) mass is 429 g/mol. The van der Waals surface area contributed by atoms with Crippen LogP contribution in [0, 0.1) is 5.89 Å². The Balaban J connectivity index is 2.08. The largest absolute Gasteiger partial charge is 0.505 e. The lowest BCUT2D eigenvalue weighted by atomic mass is 10.0. The highest BCUT2D eigenvalue weighted by Gasteiger charge is 2.24. The maximum atomic E-state index is 13.3. The van der Waals surface area contributed by atoms with Crippen LogP contribution < -0.4 is 10.9 Å². The summed E-state index contributed by atoms with van der Waals surface area (Å²) in [6.07, 6.45) is -8.37. The molecule has 9 heteroatoms. The lowest BCUT2D eigenvalue weighted by molar-refractivity contribution is 0.0945. The minimum absolute atomic E-state index is 0.0148. The minimum Gasteiger partial charge on any atom is -0.505 e. The summed E-state index contributed by atoms with van der Waals surface area (Å²) in [5.41, 5.74) is -3.73. The van der Waals surface area contributed by atoms with Crippen molar-refractivity contribution in [1.82, 2.24) is 19.8 Å².